The lowest BCUT2D eigenvalue weighted by Gasteiger charge is -2.24. The number of rotatable bonds is 30. The number of nitriles is 1. The van der Waals surface area contributed by atoms with Crippen molar-refractivity contribution in [2.24, 2.45) is 5.92 Å². The van der Waals surface area contributed by atoms with E-state index in [1.54, 1.807) is 59.2 Å². The number of aromatic nitrogens is 1. The van der Waals surface area contributed by atoms with Crippen molar-refractivity contribution in [1.29, 1.82) is 5.26 Å². The van der Waals surface area contributed by atoms with Gasteiger partial charge in [0.05, 0.1) is 51.0 Å². The number of para-hydroxylation sites is 2. The van der Waals surface area contributed by atoms with Crippen LogP contribution in [0.25, 0.3) is 21.8 Å². The number of hydrogen-bond donors (Lipinski definition) is 5. The smallest absolute Gasteiger partial charge is 0.419 e. The highest BCUT2D eigenvalue weighted by Crippen LogP contribution is 2.38. The van der Waals surface area contributed by atoms with Crippen LogP contribution in [0.15, 0.2) is 95.9 Å². The molecular formula is C53H58F3N6O14S3+. The fraction of sp³-hybridized carbons (Fsp3) is 0.377. The number of nitrogens with zero attached hydrogens (tertiary/aromatic N) is 3. The fourth-order valence-electron chi connectivity index (χ4n) is 8.36. The van der Waals surface area contributed by atoms with Gasteiger partial charge >= 0.3 is 6.18 Å². The number of Topliss-reactive ketones (excluding diaryl/α,β-unsaturated/α-hetero) is 1. The number of alkyl halides is 3. The Hall–Kier alpha value is -7.49. The minimum atomic E-state index is -4.80. The fourth-order valence-corrected chi connectivity index (χ4v) is 10.8. The average Bonchev–Trinajstić information content (AvgIpc) is 3.58. The van der Waals surface area contributed by atoms with Crippen molar-refractivity contribution in [3.8, 4) is 24.2 Å². The number of sulfonamides is 1. The van der Waals surface area contributed by atoms with Crippen LogP contribution in [0.2, 0.25) is 0 Å². The summed E-state index contributed by atoms with van der Waals surface area (Å²) in [6, 6.07) is 22.8. The van der Waals surface area contributed by atoms with Crippen LogP contribution in [-0.4, -0.2) is 106 Å². The first-order chi connectivity index (χ1) is 37.3. The minimum absolute atomic E-state index is 0.00164. The largest absolute Gasteiger partial charge is 0.493 e. The molecule has 4 aromatic carbocycles. The van der Waals surface area contributed by atoms with E-state index in [1.165, 1.54) is 24.3 Å². The normalized spacial score (nSPS) is 12.2. The van der Waals surface area contributed by atoms with Crippen LogP contribution in [-0.2, 0) is 68.6 Å². The Morgan fingerprint density at radius 2 is 1.32 bits per heavy atom. The number of hydrogen-bond acceptors (Lipinski definition) is 13. The Bertz CT molecular complexity index is 3420. The molecule has 5 aromatic rings. The van der Waals surface area contributed by atoms with Gasteiger partial charge in [-0.3, -0.25) is 33.1 Å². The van der Waals surface area contributed by atoms with Gasteiger partial charge in [-0.2, -0.15) is 39.8 Å². The Kier molecular flexibility index (Phi) is 22.4. The molecule has 1 unspecified atom stereocenters. The molecule has 0 spiro atoms. The molecule has 0 fully saturated rings. The number of halogens is 3. The minimum Gasteiger partial charge on any atom is -0.493 e. The van der Waals surface area contributed by atoms with E-state index in [-0.39, 0.29) is 92.7 Å². The highest BCUT2D eigenvalue weighted by atomic mass is 32.2. The second kappa shape index (κ2) is 28.4. The van der Waals surface area contributed by atoms with Crippen molar-refractivity contribution in [1.82, 2.24) is 14.9 Å². The number of nitrogens with one attached hydrogen (secondary N) is 3. The van der Waals surface area contributed by atoms with Crippen molar-refractivity contribution in [2.75, 3.05) is 43.1 Å². The molecule has 79 heavy (non-hydrogen) atoms. The summed E-state index contributed by atoms with van der Waals surface area (Å²) in [6.45, 7) is -0.489. The molecule has 1 heterocycles. The van der Waals surface area contributed by atoms with Gasteiger partial charge in [-0.1, -0.05) is 36.4 Å². The molecule has 5 N–H and O–H groups in total. The predicted molar refractivity (Wildman–Crippen MR) is 284 cm³/mol. The van der Waals surface area contributed by atoms with E-state index in [2.05, 4.69) is 21.9 Å². The van der Waals surface area contributed by atoms with Gasteiger partial charge < -0.3 is 20.7 Å². The van der Waals surface area contributed by atoms with Crippen LogP contribution < -0.4 is 25.3 Å². The summed E-state index contributed by atoms with van der Waals surface area (Å²) in [5.74, 6) is -4.87. The third-order valence-electron chi connectivity index (χ3n) is 12.2. The van der Waals surface area contributed by atoms with Gasteiger partial charge in [0, 0.05) is 75.6 Å². The summed E-state index contributed by atoms with van der Waals surface area (Å²) < 4.78 is 143. The lowest BCUT2D eigenvalue weighted by Crippen LogP contribution is -2.41. The molecule has 422 valence electrons. The Morgan fingerprint density at radius 3 is 1.89 bits per heavy atom. The van der Waals surface area contributed by atoms with Crippen molar-refractivity contribution in [3.63, 3.8) is 0 Å². The Morgan fingerprint density at radius 1 is 0.734 bits per heavy atom. The maximum Gasteiger partial charge on any atom is 0.419 e. The zero-order valence-corrected chi connectivity index (χ0v) is 45.0. The number of amides is 4. The molecule has 0 aliphatic rings. The molecule has 0 aliphatic heterocycles. The number of aryl methyl sites for hydroxylation is 2. The first kappa shape index (κ1) is 62.4. The van der Waals surface area contributed by atoms with Crippen LogP contribution in [0.4, 0.5) is 18.9 Å². The monoisotopic (exact) mass is 1160 g/mol. The quantitative estimate of drug-likeness (QED) is 0.00887. The van der Waals surface area contributed by atoms with Gasteiger partial charge in [0.15, 0.2) is 18.2 Å². The molecule has 5 rings (SSSR count). The topological polar surface area (TPSA) is 304 Å². The molecule has 0 aliphatic carbocycles. The number of carbonyl (C=O) groups excluding carboxylic acids is 5. The van der Waals surface area contributed by atoms with Gasteiger partial charge in [-0.15, -0.1) is 12.3 Å². The van der Waals surface area contributed by atoms with Crippen molar-refractivity contribution >= 4 is 87.2 Å². The molecule has 20 nitrogen and oxygen atoms in total. The maximum absolute atomic E-state index is 14.7. The van der Waals surface area contributed by atoms with Crippen molar-refractivity contribution in [2.45, 2.75) is 88.2 Å². The van der Waals surface area contributed by atoms with Gasteiger partial charge in [0.25, 0.3) is 36.2 Å². The van der Waals surface area contributed by atoms with Crippen LogP contribution in [0, 0.1) is 29.6 Å². The van der Waals surface area contributed by atoms with E-state index in [0.717, 1.165) is 12.1 Å². The molecule has 26 heteroatoms. The van der Waals surface area contributed by atoms with Gasteiger partial charge in [0.1, 0.15) is 5.75 Å². The van der Waals surface area contributed by atoms with Crippen LogP contribution in [0.5, 0.6) is 5.75 Å². The van der Waals surface area contributed by atoms with E-state index < -0.39 is 95.7 Å². The summed E-state index contributed by atoms with van der Waals surface area (Å²) in [7, 11) is -13.5. The number of fused-ring (bicyclic) bond motifs is 2. The molecule has 1 atom stereocenters. The summed E-state index contributed by atoms with van der Waals surface area (Å²) in [6.07, 6.45) is 1.53. The second-order valence-corrected chi connectivity index (χ2v) is 23.0. The van der Waals surface area contributed by atoms with Gasteiger partial charge in [0.2, 0.25) is 28.8 Å². The standard InChI is InChI=1S/C53H57F3N6O14S3/c1-2-3-19-46(63)42(36-57)51(66)60-38-24-27-43(53(54,55)56)47(35-38)76-32-10-4-5-20-48(64)58-28-29-59-49(65)21-11-14-37-22-25-39(26-23-37)79(74,75)62(31-13-34-78(71,72)73)52(67)50-40-15-6-8-17-44(40)61(30-12-33-77(68,69)70)45-18-9-7-16-41(45)50/h1,6-9,15-18,22-27,35,42H,3-5,10-14,19-21,28-34H2,(H4-,58,59,60,64,65,66,68,69,70,71,72,73)/p+1. The highest BCUT2D eigenvalue weighted by molar-refractivity contribution is 7.89. The first-order valence-electron chi connectivity index (χ1n) is 24.8. The summed E-state index contributed by atoms with van der Waals surface area (Å²) in [5.41, 5.74) is 0.259. The number of benzene rings is 4. The predicted octanol–water partition coefficient (Wildman–Crippen LogP) is 5.94. The van der Waals surface area contributed by atoms with Crippen LogP contribution in [0.1, 0.15) is 85.7 Å². The second-order valence-electron chi connectivity index (χ2n) is 18.0. The SMILES string of the molecule is C#CCCC(=O)C(C#N)C(=O)Nc1ccc(C(F)(F)F)c(OCCCCCC(=O)NCCNC(=O)CCCc2ccc(S(=O)(=O)N(CCCS(=O)(=O)O)C(=O)c3c4ccccc4[n+](CCCS(=O)(=O)O)c4ccccc34)cc2)c1. The Balaban J connectivity index is 1.09. The van der Waals surface area contributed by atoms with Gasteiger partial charge in [-0.05, 0) is 80.5 Å². The molecular weight excluding hydrogens is 1100 g/mol. The third-order valence-corrected chi connectivity index (χ3v) is 15.6. The lowest BCUT2D eigenvalue weighted by molar-refractivity contribution is -0.645. The number of pyridine rings is 1. The highest BCUT2D eigenvalue weighted by Gasteiger charge is 2.36. The summed E-state index contributed by atoms with van der Waals surface area (Å²) in [5, 5.41) is 17.5. The van der Waals surface area contributed by atoms with Crippen LogP contribution in [0.3, 0.4) is 0 Å². The van der Waals surface area contributed by atoms with Crippen LogP contribution >= 0.6 is 0 Å². The summed E-state index contributed by atoms with van der Waals surface area (Å²) in [4.78, 5) is 64.1. The van der Waals surface area contributed by atoms with Crippen molar-refractivity contribution in [3.05, 3.63) is 108 Å². The average molecular weight is 1160 g/mol. The molecule has 1 aromatic heterocycles. The molecule has 4 amide bonds. The first-order valence-corrected chi connectivity index (χ1v) is 29.4. The third kappa shape index (κ3) is 18.6. The maximum atomic E-state index is 14.7. The molecule has 0 saturated heterocycles. The number of carbonyl (C=O) groups is 5. The molecule has 0 radical (unpaired) electrons. The molecule has 0 bridgehead atoms. The van der Waals surface area contributed by atoms with Gasteiger partial charge in [-0.25, -0.2) is 12.7 Å². The molecule has 0 saturated carbocycles. The van der Waals surface area contributed by atoms with E-state index in [9.17, 15) is 76.8 Å². The number of anilines is 1. The number of terminal acetylenes is 1. The van der Waals surface area contributed by atoms with E-state index in [0.29, 0.717) is 63.4 Å². The summed E-state index contributed by atoms with van der Waals surface area (Å²) >= 11 is 0. The number of unbranched alkanes of at least 4 members (excludes halogenated alkanes) is 2. The van der Waals surface area contributed by atoms with E-state index >= 15 is 0 Å². The zero-order chi connectivity index (χ0) is 58.0. The van der Waals surface area contributed by atoms with E-state index in [4.69, 9.17) is 11.2 Å². The lowest BCUT2D eigenvalue weighted by atomic mass is 10.0. The Labute approximate surface area is 455 Å². The van der Waals surface area contributed by atoms with E-state index in [1.807, 2.05) is 0 Å². The van der Waals surface area contributed by atoms with Crippen molar-refractivity contribution < 1.29 is 80.8 Å². The number of ketones is 1. The zero-order valence-electron chi connectivity index (χ0n) is 42.5. The number of ether oxygens (including phenoxy) is 1.